The molecule has 144 valence electrons. The molecule has 2 N–H and O–H groups in total. The first-order valence-corrected chi connectivity index (χ1v) is 8.95. The van der Waals surface area contributed by atoms with Gasteiger partial charge in [0.25, 0.3) is 5.91 Å². The summed E-state index contributed by atoms with van der Waals surface area (Å²) in [5.41, 5.74) is 2.70. The molecule has 0 aliphatic heterocycles. The molecule has 0 aliphatic rings. The summed E-state index contributed by atoms with van der Waals surface area (Å²) >= 11 is 0. The molecule has 0 radical (unpaired) electrons. The third-order valence-corrected chi connectivity index (χ3v) is 3.98. The summed E-state index contributed by atoms with van der Waals surface area (Å²) < 4.78 is 11.0. The Morgan fingerprint density at radius 1 is 1.04 bits per heavy atom. The van der Waals surface area contributed by atoms with Gasteiger partial charge in [-0.05, 0) is 55.3 Å². The number of benzene rings is 2. The summed E-state index contributed by atoms with van der Waals surface area (Å²) in [5.74, 6) is 0.761. The van der Waals surface area contributed by atoms with Crippen LogP contribution in [0.5, 0.6) is 11.5 Å². The van der Waals surface area contributed by atoms with Gasteiger partial charge in [-0.15, -0.1) is 0 Å². The Morgan fingerprint density at radius 3 is 2.44 bits per heavy atom. The third-order valence-electron chi connectivity index (χ3n) is 3.98. The van der Waals surface area contributed by atoms with Gasteiger partial charge in [0.15, 0.2) is 11.5 Å². The fourth-order valence-corrected chi connectivity index (χ4v) is 2.53. The molecule has 0 aromatic heterocycles. The van der Waals surface area contributed by atoms with Crippen molar-refractivity contribution in [2.45, 2.75) is 33.6 Å². The van der Waals surface area contributed by atoms with Gasteiger partial charge in [0.1, 0.15) is 0 Å². The second kappa shape index (κ2) is 9.62. The molecule has 0 heterocycles. The lowest BCUT2D eigenvalue weighted by Crippen LogP contribution is -2.13. The Balaban J connectivity index is 2.11. The average Bonchev–Trinajstić information content (AvgIpc) is 2.64. The number of amides is 2. The van der Waals surface area contributed by atoms with E-state index in [0.717, 1.165) is 24.1 Å². The number of anilines is 2. The summed E-state index contributed by atoms with van der Waals surface area (Å²) in [6.45, 7) is 6.03. The molecule has 2 aromatic carbocycles. The first-order chi connectivity index (χ1) is 12.9. The molecular weight excluding hydrogens is 344 g/mol. The number of hydrogen-bond acceptors (Lipinski definition) is 4. The topological polar surface area (TPSA) is 76.7 Å². The summed E-state index contributed by atoms with van der Waals surface area (Å²) in [6, 6.07) is 10.4. The first kappa shape index (κ1) is 20.3. The van der Waals surface area contributed by atoms with E-state index in [1.54, 1.807) is 37.4 Å². The summed E-state index contributed by atoms with van der Waals surface area (Å²) in [7, 11) is 1.55. The predicted octanol–water partition coefficient (Wildman–Crippen LogP) is 4.39. The number of nitrogens with one attached hydrogen (secondary N) is 2. The number of carbonyl (C=O) groups excluding carboxylic acids is 2. The van der Waals surface area contributed by atoms with Crippen LogP contribution in [0, 0.1) is 6.92 Å². The van der Waals surface area contributed by atoms with E-state index >= 15 is 0 Å². The molecule has 6 nitrogen and oxygen atoms in total. The van der Waals surface area contributed by atoms with Gasteiger partial charge >= 0.3 is 0 Å². The van der Waals surface area contributed by atoms with Gasteiger partial charge in [0, 0.05) is 23.9 Å². The van der Waals surface area contributed by atoms with Crippen molar-refractivity contribution in [3.8, 4) is 11.5 Å². The molecule has 2 amide bonds. The maximum atomic E-state index is 12.6. The van der Waals surface area contributed by atoms with Crippen LogP contribution in [-0.4, -0.2) is 25.5 Å². The van der Waals surface area contributed by atoms with E-state index in [1.165, 1.54) is 6.92 Å². The van der Waals surface area contributed by atoms with Crippen LogP contribution < -0.4 is 20.1 Å². The average molecular weight is 370 g/mol. The van der Waals surface area contributed by atoms with E-state index in [0.29, 0.717) is 29.4 Å². The Kier molecular flexibility index (Phi) is 7.23. The van der Waals surface area contributed by atoms with Crippen LogP contribution >= 0.6 is 0 Å². The zero-order chi connectivity index (χ0) is 19.8. The first-order valence-electron chi connectivity index (χ1n) is 8.95. The van der Waals surface area contributed by atoms with E-state index in [-0.39, 0.29) is 11.8 Å². The zero-order valence-corrected chi connectivity index (χ0v) is 16.2. The normalized spacial score (nSPS) is 10.2. The van der Waals surface area contributed by atoms with Crippen molar-refractivity contribution in [1.29, 1.82) is 0 Å². The van der Waals surface area contributed by atoms with Gasteiger partial charge in [-0.1, -0.05) is 13.3 Å². The van der Waals surface area contributed by atoms with Crippen molar-refractivity contribution in [2.24, 2.45) is 0 Å². The fraction of sp³-hybridized carbons (Fsp3) is 0.333. The van der Waals surface area contributed by atoms with Gasteiger partial charge < -0.3 is 20.1 Å². The molecule has 0 fully saturated rings. The molecule has 0 bridgehead atoms. The highest BCUT2D eigenvalue weighted by Gasteiger charge is 2.12. The quantitative estimate of drug-likeness (QED) is 0.676. The van der Waals surface area contributed by atoms with Gasteiger partial charge in [-0.25, -0.2) is 0 Å². The summed E-state index contributed by atoms with van der Waals surface area (Å²) in [6.07, 6.45) is 2.00. The molecule has 27 heavy (non-hydrogen) atoms. The van der Waals surface area contributed by atoms with Crippen LogP contribution in [0.1, 0.15) is 42.6 Å². The van der Waals surface area contributed by atoms with Crippen molar-refractivity contribution in [1.82, 2.24) is 0 Å². The molecular formula is C21H26N2O4. The fourth-order valence-electron chi connectivity index (χ4n) is 2.53. The molecule has 2 rings (SSSR count). The van der Waals surface area contributed by atoms with Crippen LogP contribution in [0.15, 0.2) is 36.4 Å². The SMILES string of the molecule is CCCCOc1ccc(C(=O)Nc2ccc(NC(C)=O)c(C)c2)cc1OC. The standard InChI is InChI=1S/C21H26N2O4/c1-5-6-11-27-19-10-7-16(13-20(19)26-4)21(25)23-17-8-9-18(14(2)12-17)22-15(3)24/h7-10,12-13H,5-6,11H2,1-4H3,(H,22,24)(H,23,25). The Labute approximate surface area is 159 Å². The van der Waals surface area contributed by atoms with E-state index < -0.39 is 0 Å². The summed E-state index contributed by atoms with van der Waals surface area (Å²) in [4.78, 5) is 23.7. The molecule has 2 aromatic rings. The monoisotopic (exact) mass is 370 g/mol. The Hall–Kier alpha value is -3.02. The van der Waals surface area contributed by atoms with Crippen LogP contribution in [0.2, 0.25) is 0 Å². The van der Waals surface area contributed by atoms with Crippen molar-refractivity contribution in [3.05, 3.63) is 47.5 Å². The second-order valence-corrected chi connectivity index (χ2v) is 6.23. The minimum absolute atomic E-state index is 0.136. The number of aryl methyl sites for hydroxylation is 1. The van der Waals surface area contributed by atoms with Crippen molar-refractivity contribution < 1.29 is 19.1 Å². The van der Waals surface area contributed by atoms with Crippen LogP contribution in [-0.2, 0) is 4.79 Å². The van der Waals surface area contributed by atoms with E-state index in [9.17, 15) is 9.59 Å². The van der Waals surface area contributed by atoms with Crippen molar-refractivity contribution in [3.63, 3.8) is 0 Å². The number of ether oxygens (including phenoxy) is 2. The van der Waals surface area contributed by atoms with Crippen LogP contribution in [0.4, 0.5) is 11.4 Å². The molecule has 0 atom stereocenters. The van der Waals surface area contributed by atoms with Crippen LogP contribution in [0.3, 0.4) is 0 Å². The van der Waals surface area contributed by atoms with Gasteiger partial charge in [-0.2, -0.15) is 0 Å². The maximum absolute atomic E-state index is 12.6. The predicted molar refractivity (Wildman–Crippen MR) is 107 cm³/mol. The summed E-state index contributed by atoms with van der Waals surface area (Å²) in [5, 5.41) is 5.60. The van der Waals surface area contributed by atoms with E-state index in [2.05, 4.69) is 17.6 Å². The zero-order valence-electron chi connectivity index (χ0n) is 16.2. The highest BCUT2D eigenvalue weighted by molar-refractivity contribution is 6.05. The lowest BCUT2D eigenvalue weighted by Gasteiger charge is -2.13. The van der Waals surface area contributed by atoms with E-state index in [4.69, 9.17) is 9.47 Å². The molecule has 0 saturated heterocycles. The minimum Gasteiger partial charge on any atom is -0.493 e. The number of carbonyl (C=O) groups is 2. The van der Waals surface area contributed by atoms with Crippen molar-refractivity contribution in [2.75, 3.05) is 24.4 Å². The van der Waals surface area contributed by atoms with Crippen molar-refractivity contribution >= 4 is 23.2 Å². The van der Waals surface area contributed by atoms with E-state index in [1.807, 2.05) is 13.0 Å². The maximum Gasteiger partial charge on any atom is 0.255 e. The Bertz CT molecular complexity index is 818. The highest BCUT2D eigenvalue weighted by Crippen LogP contribution is 2.29. The second-order valence-electron chi connectivity index (χ2n) is 6.23. The van der Waals surface area contributed by atoms with Crippen LogP contribution in [0.25, 0.3) is 0 Å². The number of rotatable bonds is 8. The molecule has 6 heteroatoms. The van der Waals surface area contributed by atoms with Gasteiger partial charge in [0.05, 0.1) is 13.7 Å². The number of methoxy groups -OCH3 is 1. The number of hydrogen-bond donors (Lipinski definition) is 2. The molecule has 0 saturated carbocycles. The lowest BCUT2D eigenvalue weighted by molar-refractivity contribution is -0.114. The molecule has 0 spiro atoms. The number of unbranched alkanes of at least 4 members (excludes halogenated alkanes) is 1. The molecule has 0 aliphatic carbocycles. The smallest absolute Gasteiger partial charge is 0.255 e. The Morgan fingerprint density at radius 2 is 1.81 bits per heavy atom. The van der Waals surface area contributed by atoms with Gasteiger partial charge in [-0.3, -0.25) is 9.59 Å². The van der Waals surface area contributed by atoms with Gasteiger partial charge in [0.2, 0.25) is 5.91 Å². The molecule has 0 unspecified atom stereocenters. The highest BCUT2D eigenvalue weighted by atomic mass is 16.5. The lowest BCUT2D eigenvalue weighted by atomic mass is 10.1. The largest absolute Gasteiger partial charge is 0.493 e. The third kappa shape index (κ3) is 5.74. The minimum atomic E-state index is -0.250.